The standard InChI is InChI=1S/C15H16ClN7O/c1-11(8-22-7-6-17-10-22)18-14(24)9-23-20-15(19-21-23)12-2-4-13(16)5-3-12/h2-7,10-11H,8-9H2,1H3,(H,18,24)/t11-/m0/s1. The summed E-state index contributed by atoms with van der Waals surface area (Å²) in [5.41, 5.74) is 0.791. The fourth-order valence-electron chi connectivity index (χ4n) is 2.23. The van der Waals surface area contributed by atoms with E-state index in [4.69, 9.17) is 11.6 Å². The Morgan fingerprint density at radius 1 is 1.33 bits per heavy atom. The lowest BCUT2D eigenvalue weighted by Crippen LogP contribution is -2.37. The molecule has 0 fully saturated rings. The summed E-state index contributed by atoms with van der Waals surface area (Å²) >= 11 is 5.85. The monoisotopic (exact) mass is 345 g/mol. The Balaban J connectivity index is 1.56. The van der Waals surface area contributed by atoms with Crippen molar-refractivity contribution in [3.05, 3.63) is 48.0 Å². The molecule has 3 aromatic rings. The Labute approximate surface area is 143 Å². The molecule has 0 saturated heterocycles. The first-order chi connectivity index (χ1) is 11.6. The highest BCUT2D eigenvalue weighted by atomic mass is 35.5. The van der Waals surface area contributed by atoms with Gasteiger partial charge in [-0.15, -0.1) is 10.2 Å². The SMILES string of the molecule is C[C@@H](Cn1ccnc1)NC(=O)Cn1nnc(-c2ccc(Cl)cc2)n1. The van der Waals surface area contributed by atoms with Crippen molar-refractivity contribution in [1.82, 2.24) is 35.1 Å². The largest absolute Gasteiger partial charge is 0.350 e. The second-order valence-corrected chi connectivity index (χ2v) is 5.81. The molecule has 24 heavy (non-hydrogen) atoms. The van der Waals surface area contributed by atoms with Crippen LogP contribution >= 0.6 is 11.6 Å². The number of carbonyl (C=O) groups excluding carboxylic acids is 1. The van der Waals surface area contributed by atoms with Crippen molar-refractivity contribution < 1.29 is 4.79 Å². The lowest BCUT2D eigenvalue weighted by Gasteiger charge is -2.13. The third kappa shape index (κ3) is 4.17. The summed E-state index contributed by atoms with van der Waals surface area (Å²) in [6.45, 7) is 2.58. The first-order valence-electron chi connectivity index (χ1n) is 7.39. The molecule has 2 aromatic heterocycles. The van der Waals surface area contributed by atoms with E-state index in [9.17, 15) is 4.79 Å². The lowest BCUT2D eigenvalue weighted by atomic mass is 10.2. The number of hydrogen-bond acceptors (Lipinski definition) is 5. The van der Waals surface area contributed by atoms with Crippen LogP contribution in [0.4, 0.5) is 0 Å². The first-order valence-corrected chi connectivity index (χ1v) is 7.77. The number of benzene rings is 1. The summed E-state index contributed by atoms with van der Waals surface area (Å²) in [6, 6.07) is 7.07. The molecular weight excluding hydrogens is 330 g/mol. The summed E-state index contributed by atoms with van der Waals surface area (Å²) < 4.78 is 1.90. The summed E-state index contributed by atoms with van der Waals surface area (Å²) in [7, 11) is 0. The topological polar surface area (TPSA) is 90.5 Å². The number of imidazole rings is 1. The molecule has 9 heteroatoms. The number of aromatic nitrogens is 6. The fourth-order valence-corrected chi connectivity index (χ4v) is 2.36. The molecule has 1 atom stereocenters. The molecule has 1 aromatic carbocycles. The second-order valence-electron chi connectivity index (χ2n) is 5.38. The summed E-state index contributed by atoms with van der Waals surface area (Å²) in [4.78, 5) is 17.3. The van der Waals surface area contributed by atoms with Gasteiger partial charge in [-0.2, -0.15) is 4.80 Å². The predicted octanol–water partition coefficient (Wildman–Crippen LogP) is 1.39. The van der Waals surface area contributed by atoms with Crippen molar-refractivity contribution in [1.29, 1.82) is 0 Å². The van der Waals surface area contributed by atoms with E-state index in [1.807, 2.05) is 17.7 Å². The van der Waals surface area contributed by atoms with Crippen LogP contribution in [0.1, 0.15) is 6.92 Å². The Kier molecular flexibility index (Phi) is 4.85. The van der Waals surface area contributed by atoms with E-state index in [1.165, 1.54) is 4.80 Å². The first kappa shape index (κ1) is 16.1. The van der Waals surface area contributed by atoms with E-state index in [2.05, 4.69) is 25.7 Å². The number of nitrogens with zero attached hydrogens (tertiary/aromatic N) is 6. The quantitative estimate of drug-likeness (QED) is 0.729. The number of tetrazole rings is 1. The molecule has 0 radical (unpaired) electrons. The number of halogens is 1. The molecule has 8 nitrogen and oxygen atoms in total. The van der Waals surface area contributed by atoms with Crippen LogP contribution < -0.4 is 5.32 Å². The molecular formula is C15H16ClN7O. The van der Waals surface area contributed by atoms with Crippen molar-refractivity contribution >= 4 is 17.5 Å². The van der Waals surface area contributed by atoms with E-state index in [-0.39, 0.29) is 18.5 Å². The van der Waals surface area contributed by atoms with Gasteiger partial charge < -0.3 is 9.88 Å². The van der Waals surface area contributed by atoms with Crippen molar-refractivity contribution in [3.8, 4) is 11.4 Å². The lowest BCUT2D eigenvalue weighted by molar-refractivity contribution is -0.122. The maximum absolute atomic E-state index is 12.1. The minimum Gasteiger partial charge on any atom is -0.350 e. The fraction of sp³-hybridized carbons (Fsp3) is 0.267. The van der Waals surface area contributed by atoms with Crippen LogP contribution in [-0.2, 0) is 17.9 Å². The number of rotatable bonds is 6. The van der Waals surface area contributed by atoms with Gasteiger partial charge in [-0.05, 0) is 36.4 Å². The molecule has 0 bridgehead atoms. The third-order valence-electron chi connectivity index (χ3n) is 3.29. The molecule has 0 saturated carbocycles. The van der Waals surface area contributed by atoms with Gasteiger partial charge in [0.1, 0.15) is 6.54 Å². The molecule has 0 spiro atoms. The zero-order valence-electron chi connectivity index (χ0n) is 13.0. The molecule has 0 aliphatic heterocycles. The van der Waals surface area contributed by atoms with Crippen LogP contribution in [0.5, 0.6) is 0 Å². The van der Waals surface area contributed by atoms with Gasteiger partial charge in [0.15, 0.2) is 0 Å². The van der Waals surface area contributed by atoms with Gasteiger partial charge >= 0.3 is 0 Å². The normalized spacial score (nSPS) is 12.1. The van der Waals surface area contributed by atoms with Crippen LogP contribution in [-0.4, -0.2) is 41.7 Å². The van der Waals surface area contributed by atoms with Gasteiger partial charge in [-0.25, -0.2) is 4.98 Å². The smallest absolute Gasteiger partial charge is 0.243 e. The number of hydrogen-bond donors (Lipinski definition) is 1. The van der Waals surface area contributed by atoms with E-state index >= 15 is 0 Å². The van der Waals surface area contributed by atoms with Crippen molar-refractivity contribution in [3.63, 3.8) is 0 Å². The third-order valence-corrected chi connectivity index (χ3v) is 3.54. The van der Waals surface area contributed by atoms with Crippen LogP contribution in [0.3, 0.4) is 0 Å². The van der Waals surface area contributed by atoms with E-state index in [0.717, 1.165) is 5.56 Å². The van der Waals surface area contributed by atoms with E-state index in [1.54, 1.807) is 36.8 Å². The van der Waals surface area contributed by atoms with Crippen molar-refractivity contribution in [2.24, 2.45) is 0 Å². The minimum absolute atomic E-state index is 0.00879. The Bertz CT molecular complexity index is 798. The van der Waals surface area contributed by atoms with Crippen molar-refractivity contribution in [2.45, 2.75) is 26.1 Å². The number of carbonyl (C=O) groups is 1. The van der Waals surface area contributed by atoms with Gasteiger partial charge in [0, 0.05) is 35.6 Å². The number of amides is 1. The summed E-state index contributed by atoms with van der Waals surface area (Å²) in [5, 5.41) is 15.6. The zero-order valence-corrected chi connectivity index (χ0v) is 13.8. The maximum atomic E-state index is 12.1. The average molecular weight is 346 g/mol. The summed E-state index contributed by atoms with van der Waals surface area (Å²) in [6.07, 6.45) is 5.26. The van der Waals surface area contributed by atoms with E-state index in [0.29, 0.717) is 17.4 Å². The summed E-state index contributed by atoms with van der Waals surface area (Å²) in [5.74, 6) is 0.272. The maximum Gasteiger partial charge on any atom is 0.243 e. The average Bonchev–Trinajstić information content (AvgIpc) is 3.19. The van der Waals surface area contributed by atoms with Crippen LogP contribution in [0.25, 0.3) is 11.4 Å². The van der Waals surface area contributed by atoms with Crippen LogP contribution in [0.15, 0.2) is 43.0 Å². The molecule has 2 heterocycles. The number of nitrogens with one attached hydrogen (secondary N) is 1. The highest BCUT2D eigenvalue weighted by Crippen LogP contribution is 2.16. The van der Waals surface area contributed by atoms with Crippen LogP contribution in [0.2, 0.25) is 5.02 Å². The van der Waals surface area contributed by atoms with Gasteiger partial charge in [0.05, 0.1) is 6.33 Å². The highest BCUT2D eigenvalue weighted by Gasteiger charge is 2.12. The van der Waals surface area contributed by atoms with Gasteiger partial charge in [-0.1, -0.05) is 11.6 Å². The van der Waals surface area contributed by atoms with Crippen LogP contribution in [0, 0.1) is 0 Å². The Morgan fingerprint density at radius 3 is 2.83 bits per heavy atom. The zero-order chi connectivity index (χ0) is 16.9. The highest BCUT2D eigenvalue weighted by molar-refractivity contribution is 6.30. The van der Waals surface area contributed by atoms with E-state index < -0.39 is 0 Å². The van der Waals surface area contributed by atoms with Gasteiger partial charge in [0.25, 0.3) is 0 Å². The molecule has 3 rings (SSSR count). The van der Waals surface area contributed by atoms with Crippen molar-refractivity contribution in [2.75, 3.05) is 0 Å². The molecule has 0 aliphatic carbocycles. The predicted molar refractivity (Wildman–Crippen MR) is 88.1 cm³/mol. The van der Waals surface area contributed by atoms with Gasteiger partial charge in [0.2, 0.25) is 11.7 Å². The van der Waals surface area contributed by atoms with Gasteiger partial charge in [-0.3, -0.25) is 4.79 Å². The second kappa shape index (κ2) is 7.22. The Hall–Kier alpha value is -2.74. The molecule has 124 valence electrons. The molecule has 1 amide bonds. The molecule has 1 N–H and O–H groups in total. The Morgan fingerprint density at radius 2 is 2.12 bits per heavy atom. The minimum atomic E-state index is -0.178. The molecule has 0 unspecified atom stereocenters. The molecule has 0 aliphatic rings.